The highest BCUT2D eigenvalue weighted by Gasteiger charge is 2.68. The van der Waals surface area contributed by atoms with Gasteiger partial charge in [-0.2, -0.15) is 0 Å². The number of rotatable bonds is 6. The van der Waals surface area contributed by atoms with E-state index < -0.39 is 17.2 Å². The van der Waals surface area contributed by atoms with E-state index in [9.17, 15) is 9.90 Å². The first kappa shape index (κ1) is 25.5. The van der Waals surface area contributed by atoms with E-state index in [-0.39, 0.29) is 18.5 Å². The van der Waals surface area contributed by atoms with Crippen molar-refractivity contribution >= 4 is 5.97 Å². The minimum atomic E-state index is -1.37. The van der Waals surface area contributed by atoms with Gasteiger partial charge in [0.1, 0.15) is 17.9 Å². The van der Waals surface area contributed by atoms with Crippen molar-refractivity contribution in [1.29, 1.82) is 0 Å². The van der Waals surface area contributed by atoms with Gasteiger partial charge in [0.25, 0.3) is 0 Å². The first-order chi connectivity index (χ1) is 15.4. The monoisotopic (exact) mass is 464 g/mol. The van der Waals surface area contributed by atoms with Crippen LogP contribution in [0.2, 0.25) is 0 Å². The standard InChI is InChI=1S/C29H49FO3/c1-18(2)8-7-9-19(3)23-10-11-24-22-16-26(30)29(32)17-21(33-20(4)31)12-15-28(29,6)25(22)13-14-27(23,24)5/h18-19,21-26,32H,7-17H2,1-6H3. The topological polar surface area (TPSA) is 46.5 Å². The molecule has 0 aromatic carbocycles. The molecule has 0 heterocycles. The molecule has 0 bridgehead atoms. The Morgan fingerprint density at radius 2 is 1.79 bits per heavy atom. The van der Waals surface area contributed by atoms with Gasteiger partial charge in [-0.15, -0.1) is 0 Å². The van der Waals surface area contributed by atoms with E-state index in [1.807, 2.05) is 0 Å². The fourth-order valence-electron chi connectivity index (χ4n) is 9.55. The molecule has 3 nitrogen and oxygen atoms in total. The van der Waals surface area contributed by atoms with Crippen molar-refractivity contribution in [1.82, 2.24) is 0 Å². The fraction of sp³-hybridized carbons (Fsp3) is 0.966. The summed E-state index contributed by atoms with van der Waals surface area (Å²) in [6, 6.07) is 0. The van der Waals surface area contributed by atoms with E-state index in [0.717, 1.165) is 37.0 Å². The van der Waals surface area contributed by atoms with Crippen LogP contribution in [-0.4, -0.2) is 29.0 Å². The maximum Gasteiger partial charge on any atom is 0.302 e. The number of fused-ring (bicyclic) bond motifs is 5. The average Bonchev–Trinajstić information content (AvgIpc) is 3.07. The minimum absolute atomic E-state index is 0.255. The van der Waals surface area contributed by atoms with E-state index in [2.05, 4.69) is 34.6 Å². The third kappa shape index (κ3) is 4.19. The number of esters is 1. The molecule has 10 atom stereocenters. The number of ether oxygens (including phenoxy) is 1. The van der Waals surface area contributed by atoms with Crippen LogP contribution in [0, 0.1) is 46.3 Å². The largest absolute Gasteiger partial charge is 0.462 e. The summed E-state index contributed by atoms with van der Waals surface area (Å²) in [7, 11) is 0. The molecular formula is C29H49FO3. The molecule has 0 saturated heterocycles. The zero-order valence-electron chi connectivity index (χ0n) is 22.0. The Morgan fingerprint density at radius 1 is 1.06 bits per heavy atom. The molecule has 1 N–H and O–H groups in total. The number of aliphatic hydroxyl groups is 1. The second kappa shape index (κ2) is 9.10. The maximum atomic E-state index is 15.9. The predicted octanol–water partition coefficient (Wildman–Crippen LogP) is 7.10. The summed E-state index contributed by atoms with van der Waals surface area (Å²) >= 11 is 0. The predicted molar refractivity (Wildman–Crippen MR) is 130 cm³/mol. The van der Waals surface area contributed by atoms with Crippen molar-refractivity contribution < 1.29 is 19.0 Å². The van der Waals surface area contributed by atoms with Crippen LogP contribution in [0.25, 0.3) is 0 Å². The van der Waals surface area contributed by atoms with Gasteiger partial charge >= 0.3 is 5.97 Å². The van der Waals surface area contributed by atoms with Gasteiger partial charge in [0.2, 0.25) is 0 Å². The molecule has 4 heteroatoms. The molecule has 0 spiro atoms. The van der Waals surface area contributed by atoms with Crippen LogP contribution in [0.4, 0.5) is 4.39 Å². The lowest BCUT2D eigenvalue weighted by atomic mass is 9.42. The van der Waals surface area contributed by atoms with Gasteiger partial charge in [-0.3, -0.25) is 4.79 Å². The van der Waals surface area contributed by atoms with E-state index in [4.69, 9.17) is 4.74 Å². The van der Waals surface area contributed by atoms with Crippen molar-refractivity contribution in [3.8, 4) is 0 Å². The molecule has 0 radical (unpaired) electrons. The fourth-order valence-corrected chi connectivity index (χ4v) is 9.55. The van der Waals surface area contributed by atoms with Crippen LogP contribution in [0.5, 0.6) is 0 Å². The average molecular weight is 465 g/mol. The van der Waals surface area contributed by atoms with E-state index in [0.29, 0.717) is 29.6 Å². The molecule has 33 heavy (non-hydrogen) atoms. The number of halogens is 1. The molecule has 4 rings (SSSR count). The maximum absolute atomic E-state index is 15.9. The van der Waals surface area contributed by atoms with Gasteiger partial charge in [0, 0.05) is 18.8 Å². The molecule has 4 saturated carbocycles. The van der Waals surface area contributed by atoms with E-state index in [1.54, 1.807) is 0 Å². The molecule has 0 aromatic heterocycles. The zero-order valence-corrected chi connectivity index (χ0v) is 22.0. The quantitative estimate of drug-likeness (QED) is 0.426. The van der Waals surface area contributed by atoms with Gasteiger partial charge < -0.3 is 9.84 Å². The Balaban J connectivity index is 1.51. The summed E-state index contributed by atoms with van der Waals surface area (Å²) in [5.74, 6) is 3.28. The van der Waals surface area contributed by atoms with Crippen LogP contribution < -0.4 is 0 Å². The van der Waals surface area contributed by atoms with Crippen molar-refractivity contribution in [2.24, 2.45) is 46.3 Å². The lowest BCUT2D eigenvalue weighted by Crippen LogP contribution is -2.67. The first-order valence-corrected chi connectivity index (χ1v) is 14.0. The Morgan fingerprint density at radius 3 is 2.45 bits per heavy atom. The Hall–Kier alpha value is -0.640. The SMILES string of the molecule is CC(=O)OC1CCC2(C)C3CCC4(C)C(C(C)CCCC(C)C)CCC4C3CC(F)C2(O)C1. The molecule has 0 amide bonds. The summed E-state index contributed by atoms with van der Waals surface area (Å²) in [4.78, 5) is 11.5. The zero-order chi connectivity index (χ0) is 24.2. The normalized spacial score (nSPS) is 48.0. The van der Waals surface area contributed by atoms with E-state index >= 15 is 4.39 Å². The third-order valence-electron chi connectivity index (χ3n) is 11.3. The highest BCUT2D eigenvalue weighted by Crippen LogP contribution is 2.69. The Kier molecular flexibility index (Phi) is 7.02. The first-order valence-electron chi connectivity index (χ1n) is 14.0. The van der Waals surface area contributed by atoms with Crippen molar-refractivity contribution in [2.45, 2.75) is 130 Å². The van der Waals surface area contributed by atoms with Crippen LogP contribution in [0.3, 0.4) is 0 Å². The van der Waals surface area contributed by atoms with Crippen molar-refractivity contribution in [3.63, 3.8) is 0 Å². The van der Waals surface area contributed by atoms with Gasteiger partial charge in [-0.25, -0.2) is 4.39 Å². The Labute approximate surface area is 201 Å². The minimum Gasteiger partial charge on any atom is -0.462 e. The number of hydrogen-bond donors (Lipinski definition) is 1. The lowest BCUT2D eigenvalue weighted by molar-refractivity contribution is -0.252. The summed E-state index contributed by atoms with van der Waals surface area (Å²) < 4.78 is 21.4. The highest BCUT2D eigenvalue weighted by molar-refractivity contribution is 5.66. The molecule has 4 aliphatic carbocycles. The van der Waals surface area contributed by atoms with Crippen LogP contribution >= 0.6 is 0 Å². The molecule has 190 valence electrons. The molecule has 0 aromatic rings. The molecule has 4 fully saturated rings. The molecule has 10 unspecified atom stereocenters. The molecule has 4 aliphatic rings. The molecule has 0 aliphatic heterocycles. The lowest BCUT2D eigenvalue weighted by Gasteiger charge is -2.65. The Bertz CT molecular complexity index is 724. The number of carbonyl (C=O) groups excluding carboxylic acids is 1. The third-order valence-corrected chi connectivity index (χ3v) is 11.3. The number of hydrogen-bond acceptors (Lipinski definition) is 3. The number of carbonyl (C=O) groups is 1. The molecular weight excluding hydrogens is 415 g/mol. The van der Waals surface area contributed by atoms with Gasteiger partial charge in [0.15, 0.2) is 0 Å². The van der Waals surface area contributed by atoms with Crippen molar-refractivity contribution in [2.75, 3.05) is 0 Å². The summed E-state index contributed by atoms with van der Waals surface area (Å²) in [6.45, 7) is 13.2. The van der Waals surface area contributed by atoms with E-state index in [1.165, 1.54) is 45.4 Å². The van der Waals surface area contributed by atoms with Gasteiger partial charge in [0.05, 0.1) is 0 Å². The van der Waals surface area contributed by atoms with Gasteiger partial charge in [-0.1, -0.05) is 53.9 Å². The van der Waals surface area contributed by atoms with Crippen LogP contribution in [0.15, 0.2) is 0 Å². The number of alkyl halides is 1. The summed E-state index contributed by atoms with van der Waals surface area (Å²) in [5.41, 5.74) is -1.48. The summed E-state index contributed by atoms with van der Waals surface area (Å²) in [6.07, 6.45) is 9.45. The van der Waals surface area contributed by atoms with Crippen molar-refractivity contribution in [3.05, 3.63) is 0 Å². The highest BCUT2D eigenvalue weighted by atomic mass is 19.1. The van der Waals surface area contributed by atoms with Crippen LogP contribution in [-0.2, 0) is 9.53 Å². The smallest absolute Gasteiger partial charge is 0.302 e. The second-order valence-electron chi connectivity index (χ2n) is 13.4. The van der Waals surface area contributed by atoms with Crippen LogP contribution in [0.1, 0.15) is 112 Å². The summed E-state index contributed by atoms with van der Waals surface area (Å²) in [5, 5.41) is 11.8. The van der Waals surface area contributed by atoms with Gasteiger partial charge in [-0.05, 0) is 85.9 Å². The second-order valence-corrected chi connectivity index (χ2v) is 13.4.